The Labute approximate surface area is 159 Å². The topological polar surface area (TPSA) is 80.3 Å². The molecule has 0 saturated carbocycles. The molecule has 140 valence electrons. The van der Waals surface area contributed by atoms with E-state index < -0.39 is 25.1 Å². The van der Waals surface area contributed by atoms with E-state index >= 15 is 0 Å². The van der Waals surface area contributed by atoms with Gasteiger partial charge in [0, 0.05) is 6.54 Å². The van der Waals surface area contributed by atoms with Gasteiger partial charge in [0.15, 0.2) is 9.84 Å². The summed E-state index contributed by atoms with van der Waals surface area (Å²) in [6.45, 7) is -0.265. The first-order chi connectivity index (χ1) is 12.9. The Kier molecular flexibility index (Phi) is 5.74. The van der Waals surface area contributed by atoms with Gasteiger partial charge in [-0.25, -0.2) is 21.6 Å². The Hall–Kier alpha value is -2.48. The average molecular weight is 402 g/mol. The van der Waals surface area contributed by atoms with Crippen LogP contribution in [-0.2, 0) is 19.9 Å². The zero-order chi connectivity index (χ0) is 19.3. The first kappa shape index (κ1) is 19.3. The zero-order valence-corrected chi connectivity index (χ0v) is 16.0. The van der Waals surface area contributed by atoms with Gasteiger partial charge >= 0.3 is 0 Å². The molecule has 0 heterocycles. The average Bonchev–Trinajstić information content (AvgIpc) is 2.70. The van der Waals surface area contributed by atoms with Crippen molar-refractivity contribution in [2.75, 3.05) is 6.54 Å². The van der Waals surface area contributed by atoms with Crippen molar-refractivity contribution in [2.45, 2.75) is 15.0 Å². The molecule has 5 nitrogen and oxygen atoms in total. The Morgan fingerprint density at radius 3 is 1.59 bits per heavy atom. The molecule has 7 heteroatoms. The molecule has 1 N–H and O–H groups in total. The predicted molar refractivity (Wildman–Crippen MR) is 104 cm³/mol. The minimum Gasteiger partial charge on any atom is -0.223 e. The fraction of sp³-hybridized carbons (Fsp3) is 0.100. The third-order valence-electron chi connectivity index (χ3n) is 4.13. The molecule has 0 spiro atoms. The highest BCUT2D eigenvalue weighted by Crippen LogP contribution is 2.28. The number of rotatable bonds is 7. The number of sulfone groups is 1. The summed E-state index contributed by atoms with van der Waals surface area (Å²) in [5, 5.41) is -1.04. The molecule has 0 radical (unpaired) electrons. The van der Waals surface area contributed by atoms with Crippen LogP contribution in [0.2, 0.25) is 0 Å². The monoisotopic (exact) mass is 401 g/mol. The maximum atomic E-state index is 13.2. The second-order valence-electron chi connectivity index (χ2n) is 5.92. The second kappa shape index (κ2) is 8.04. The second-order valence-corrected chi connectivity index (χ2v) is 9.82. The van der Waals surface area contributed by atoms with E-state index in [1.54, 1.807) is 66.7 Å². The molecule has 27 heavy (non-hydrogen) atoms. The van der Waals surface area contributed by atoms with Crippen LogP contribution in [0.3, 0.4) is 0 Å². The van der Waals surface area contributed by atoms with E-state index in [0.717, 1.165) is 0 Å². The first-order valence-electron chi connectivity index (χ1n) is 8.30. The lowest BCUT2D eigenvalue weighted by molar-refractivity contribution is 0.568. The van der Waals surface area contributed by atoms with Crippen molar-refractivity contribution in [3.05, 3.63) is 96.6 Å². The fourth-order valence-electron chi connectivity index (χ4n) is 2.72. The van der Waals surface area contributed by atoms with Gasteiger partial charge in [-0.05, 0) is 29.8 Å². The molecule has 0 amide bonds. The molecule has 0 aliphatic rings. The number of hydrogen-bond donors (Lipinski definition) is 1. The van der Waals surface area contributed by atoms with Gasteiger partial charge in [-0.1, -0.05) is 66.7 Å². The van der Waals surface area contributed by atoms with Gasteiger partial charge < -0.3 is 0 Å². The third-order valence-corrected chi connectivity index (χ3v) is 7.69. The summed E-state index contributed by atoms with van der Waals surface area (Å²) in [6, 6.07) is 24.5. The number of nitrogens with one attached hydrogen (secondary N) is 1. The smallest absolute Gasteiger partial charge is 0.223 e. The van der Waals surface area contributed by atoms with Crippen LogP contribution in [0.4, 0.5) is 0 Å². The maximum Gasteiger partial charge on any atom is 0.240 e. The summed E-state index contributed by atoms with van der Waals surface area (Å²) in [6.07, 6.45) is 0. The lowest BCUT2D eigenvalue weighted by Gasteiger charge is -2.19. The quantitative estimate of drug-likeness (QED) is 0.659. The first-order valence-corrected chi connectivity index (χ1v) is 11.3. The minimum atomic E-state index is -3.82. The Balaban J connectivity index is 1.95. The minimum absolute atomic E-state index is 0.0916. The van der Waals surface area contributed by atoms with E-state index in [1.165, 1.54) is 24.3 Å². The van der Waals surface area contributed by atoms with Crippen LogP contribution in [-0.4, -0.2) is 23.4 Å². The van der Waals surface area contributed by atoms with Crippen molar-refractivity contribution in [3.63, 3.8) is 0 Å². The van der Waals surface area contributed by atoms with Gasteiger partial charge in [-0.2, -0.15) is 0 Å². The molecule has 0 aliphatic carbocycles. The van der Waals surface area contributed by atoms with Gasteiger partial charge in [0.25, 0.3) is 0 Å². The highest BCUT2D eigenvalue weighted by molar-refractivity contribution is 7.92. The SMILES string of the molecule is O=S(=O)(NC[C@H](c1ccccc1)S(=O)(=O)c1ccccc1)c1ccccc1. The van der Waals surface area contributed by atoms with Crippen LogP contribution in [0.1, 0.15) is 10.8 Å². The molecule has 3 aromatic rings. The molecule has 3 rings (SSSR count). The Bertz CT molecular complexity index is 1080. The molecule has 0 unspecified atom stereocenters. The van der Waals surface area contributed by atoms with Crippen molar-refractivity contribution < 1.29 is 16.8 Å². The van der Waals surface area contributed by atoms with Crippen LogP contribution in [0.5, 0.6) is 0 Å². The summed E-state index contributed by atoms with van der Waals surface area (Å²) >= 11 is 0. The van der Waals surface area contributed by atoms with Gasteiger partial charge in [0.2, 0.25) is 10.0 Å². The molecule has 0 bridgehead atoms. The Morgan fingerprint density at radius 1 is 0.630 bits per heavy atom. The molecule has 0 aromatic heterocycles. The number of hydrogen-bond acceptors (Lipinski definition) is 4. The summed E-state index contributed by atoms with van der Waals surface area (Å²) < 4.78 is 53.8. The fourth-order valence-corrected chi connectivity index (χ4v) is 5.57. The van der Waals surface area contributed by atoms with Crippen molar-refractivity contribution in [1.29, 1.82) is 0 Å². The summed E-state index contributed by atoms with van der Waals surface area (Å²) in [5.41, 5.74) is 0.525. The van der Waals surface area contributed by atoms with Crippen LogP contribution >= 0.6 is 0 Å². The van der Waals surface area contributed by atoms with Crippen LogP contribution in [0.25, 0.3) is 0 Å². The number of sulfonamides is 1. The number of benzene rings is 3. The Morgan fingerprint density at radius 2 is 1.07 bits per heavy atom. The molecule has 3 aromatic carbocycles. The molecule has 0 aliphatic heterocycles. The molecular formula is C20H19NO4S2. The largest absolute Gasteiger partial charge is 0.240 e. The van der Waals surface area contributed by atoms with E-state index in [1.807, 2.05) is 0 Å². The molecule has 1 atom stereocenters. The van der Waals surface area contributed by atoms with Gasteiger partial charge in [0.1, 0.15) is 5.25 Å². The van der Waals surface area contributed by atoms with E-state index in [-0.39, 0.29) is 16.3 Å². The van der Waals surface area contributed by atoms with E-state index in [2.05, 4.69) is 4.72 Å². The lowest BCUT2D eigenvalue weighted by Crippen LogP contribution is -2.32. The summed E-state index contributed by atoms with van der Waals surface area (Å²) in [5.74, 6) is 0. The van der Waals surface area contributed by atoms with Gasteiger partial charge in [-0.15, -0.1) is 0 Å². The van der Waals surface area contributed by atoms with Crippen molar-refractivity contribution >= 4 is 19.9 Å². The normalized spacial score (nSPS) is 13.2. The zero-order valence-electron chi connectivity index (χ0n) is 14.4. The van der Waals surface area contributed by atoms with Crippen LogP contribution in [0.15, 0.2) is 101 Å². The summed E-state index contributed by atoms with van der Waals surface area (Å²) in [4.78, 5) is 0.242. The highest BCUT2D eigenvalue weighted by Gasteiger charge is 2.30. The van der Waals surface area contributed by atoms with Gasteiger partial charge in [0.05, 0.1) is 9.79 Å². The standard InChI is InChI=1S/C20H19NO4S2/c22-26(23,18-12-6-2-7-13-18)20(17-10-4-1-5-11-17)16-21-27(24,25)19-14-8-3-9-15-19/h1-15,20-21H,16H2/t20-/m1/s1. The molecule has 0 saturated heterocycles. The molecular weight excluding hydrogens is 382 g/mol. The highest BCUT2D eigenvalue weighted by atomic mass is 32.2. The molecule has 0 fully saturated rings. The van der Waals surface area contributed by atoms with Crippen molar-refractivity contribution in [1.82, 2.24) is 4.72 Å². The van der Waals surface area contributed by atoms with E-state index in [0.29, 0.717) is 5.56 Å². The van der Waals surface area contributed by atoms with Crippen LogP contribution < -0.4 is 4.72 Å². The lowest BCUT2D eigenvalue weighted by atomic mass is 10.1. The third kappa shape index (κ3) is 4.44. The van der Waals surface area contributed by atoms with Crippen LogP contribution in [0, 0.1) is 0 Å². The van der Waals surface area contributed by atoms with Crippen molar-refractivity contribution in [3.8, 4) is 0 Å². The van der Waals surface area contributed by atoms with Crippen molar-refractivity contribution in [2.24, 2.45) is 0 Å². The van der Waals surface area contributed by atoms with E-state index in [4.69, 9.17) is 0 Å². The van der Waals surface area contributed by atoms with Gasteiger partial charge in [-0.3, -0.25) is 0 Å². The maximum absolute atomic E-state index is 13.2. The van der Waals surface area contributed by atoms with E-state index in [9.17, 15) is 16.8 Å². The predicted octanol–water partition coefficient (Wildman–Crippen LogP) is 3.18. The summed E-state index contributed by atoms with van der Waals surface area (Å²) in [7, 11) is -7.61.